The Morgan fingerprint density at radius 1 is 1.20 bits per heavy atom. The van der Waals surface area contributed by atoms with Gasteiger partial charge in [-0.1, -0.05) is 28.9 Å². The molecule has 0 aliphatic carbocycles. The summed E-state index contributed by atoms with van der Waals surface area (Å²) < 4.78 is 10.7. The molecule has 1 amide bonds. The number of rotatable bonds is 5. The summed E-state index contributed by atoms with van der Waals surface area (Å²) in [6.45, 7) is 0. The summed E-state index contributed by atoms with van der Waals surface area (Å²) in [6.07, 6.45) is 0. The third-order valence-electron chi connectivity index (χ3n) is 3.47. The van der Waals surface area contributed by atoms with E-state index in [1.807, 2.05) is 18.2 Å². The standard InChI is InChI=1S/C18H14Cl2N2O3/c1-24-15-7-12(5-13(20)8-15)16-9-17(25-22-16)11-3-2-4-14(6-11)21-18(23)10-19/h2-9H,10H2,1H3,(H,21,23). The molecule has 0 aliphatic rings. The van der Waals surface area contributed by atoms with Gasteiger partial charge in [0.15, 0.2) is 5.76 Å². The van der Waals surface area contributed by atoms with Gasteiger partial charge in [0.2, 0.25) is 5.91 Å². The fourth-order valence-corrected chi connectivity index (χ4v) is 2.61. The van der Waals surface area contributed by atoms with Gasteiger partial charge in [0.25, 0.3) is 0 Å². The molecule has 0 spiro atoms. The highest BCUT2D eigenvalue weighted by atomic mass is 35.5. The van der Waals surface area contributed by atoms with Crippen molar-refractivity contribution in [3.05, 3.63) is 53.6 Å². The molecule has 0 saturated heterocycles. The number of nitrogens with zero attached hydrogens (tertiary/aromatic N) is 1. The van der Waals surface area contributed by atoms with Gasteiger partial charge in [0.1, 0.15) is 17.3 Å². The van der Waals surface area contributed by atoms with Crippen LogP contribution in [0.3, 0.4) is 0 Å². The summed E-state index contributed by atoms with van der Waals surface area (Å²) in [7, 11) is 1.57. The Bertz CT molecular complexity index is 909. The maximum Gasteiger partial charge on any atom is 0.239 e. The third-order valence-corrected chi connectivity index (χ3v) is 3.93. The monoisotopic (exact) mass is 376 g/mol. The first-order valence-electron chi connectivity index (χ1n) is 7.37. The lowest BCUT2D eigenvalue weighted by Gasteiger charge is -2.04. The highest BCUT2D eigenvalue weighted by Crippen LogP contribution is 2.31. The first-order valence-corrected chi connectivity index (χ1v) is 8.28. The Balaban J connectivity index is 1.90. The lowest BCUT2D eigenvalue weighted by atomic mass is 10.1. The molecule has 2 aromatic carbocycles. The average molecular weight is 377 g/mol. The van der Waals surface area contributed by atoms with Gasteiger partial charge in [-0.2, -0.15) is 0 Å². The Hall–Kier alpha value is -2.50. The number of carbonyl (C=O) groups is 1. The van der Waals surface area contributed by atoms with E-state index in [1.165, 1.54) is 0 Å². The number of methoxy groups -OCH3 is 1. The molecule has 25 heavy (non-hydrogen) atoms. The fourth-order valence-electron chi connectivity index (χ4n) is 2.32. The van der Waals surface area contributed by atoms with Crippen molar-refractivity contribution < 1.29 is 14.1 Å². The summed E-state index contributed by atoms with van der Waals surface area (Å²) >= 11 is 11.6. The van der Waals surface area contributed by atoms with Gasteiger partial charge in [0.05, 0.1) is 7.11 Å². The van der Waals surface area contributed by atoms with Crippen molar-refractivity contribution in [2.24, 2.45) is 0 Å². The lowest BCUT2D eigenvalue weighted by molar-refractivity contribution is -0.113. The van der Waals surface area contributed by atoms with Crippen LogP contribution in [0.1, 0.15) is 0 Å². The van der Waals surface area contributed by atoms with Crippen LogP contribution in [0.2, 0.25) is 5.02 Å². The second-order valence-corrected chi connectivity index (χ2v) is 5.92. The molecule has 3 rings (SSSR count). The summed E-state index contributed by atoms with van der Waals surface area (Å²) in [5, 5.41) is 7.33. The zero-order chi connectivity index (χ0) is 17.8. The molecule has 0 radical (unpaired) electrons. The zero-order valence-corrected chi connectivity index (χ0v) is 14.8. The SMILES string of the molecule is COc1cc(Cl)cc(-c2cc(-c3cccc(NC(=O)CCl)c3)on2)c1. The molecule has 7 heteroatoms. The Labute approximate surface area is 154 Å². The van der Waals surface area contributed by atoms with Crippen LogP contribution in [-0.4, -0.2) is 24.1 Å². The molecule has 0 atom stereocenters. The van der Waals surface area contributed by atoms with Crippen LogP contribution in [0.25, 0.3) is 22.6 Å². The van der Waals surface area contributed by atoms with Crippen LogP contribution in [-0.2, 0) is 4.79 Å². The van der Waals surface area contributed by atoms with Crippen LogP contribution in [0.4, 0.5) is 5.69 Å². The number of anilines is 1. The molecule has 1 N–H and O–H groups in total. The molecule has 5 nitrogen and oxygen atoms in total. The van der Waals surface area contributed by atoms with E-state index in [1.54, 1.807) is 37.4 Å². The first kappa shape index (κ1) is 17.3. The number of amides is 1. The van der Waals surface area contributed by atoms with Crippen LogP contribution >= 0.6 is 23.2 Å². The van der Waals surface area contributed by atoms with Crippen molar-refractivity contribution in [2.75, 3.05) is 18.3 Å². The normalized spacial score (nSPS) is 10.5. The second kappa shape index (κ2) is 7.59. The molecule has 0 bridgehead atoms. The van der Waals surface area contributed by atoms with E-state index in [0.29, 0.717) is 27.9 Å². The van der Waals surface area contributed by atoms with Gasteiger partial charge in [0, 0.05) is 27.9 Å². The van der Waals surface area contributed by atoms with E-state index < -0.39 is 0 Å². The molecular formula is C18H14Cl2N2O3. The fraction of sp³-hybridized carbons (Fsp3) is 0.111. The van der Waals surface area contributed by atoms with Crippen molar-refractivity contribution in [3.63, 3.8) is 0 Å². The number of alkyl halides is 1. The predicted molar refractivity (Wildman–Crippen MR) is 98.3 cm³/mol. The van der Waals surface area contributed by atoms with Crippen LogP contribution < -0.4 is 10.1 Å². The van der Waals surface area contributed by atoms with Gasteiger partial charge in [-0.05, 0) is 30.3 Å². The molecule has 1 heterocycles. The smallest absolute Gasteiger partial charge is 0.239 e. The van der Waals surface area contributed by atoms with Crippen LogP contribution in [0.5, 0.6) is 5.75 Å². The lowest BCUT2D eigenvalue weighted by Crippen LogP contribution is -2.12. The number of carbonyl (C=O) groups excluding carboxylic acids is 1. The number of ether oxygens (including phenoxy) is 1. The first-order chi connectivity index (χ1) is 12.1. The largest absolute Gasteiger partial charge is 0.497 e. The quantitative estimate of drug-likeness (QED) is 0.646. The average Bonchev–Trinajstić information content (AvgIpc) is 3.11. The minimum Gasteiger partial charge on any atom is -0.497 e. The summed E-state index contributed by atoms with van der Waals surface area (Å²) in [5.41, 5.74) is 2.82. The van der Waals surface area contributed by atoms with Crippen LogP contribution in [0.15, 0.2) is 53.1 Å². The molecule has 3 aromatic rings. The Kier molecular flexibility index (Phi) is 5.26. The molecule has 0 fully saturated rings. The van der Waals surface area contributed by atoms with E-state index in [0.717, 1.165) is 11.1 Å². The third kappa shape index (κ3) is 4.13. The van der Waals surface area contributed by atoms with Gasteiger partial charge in [-0.15, -0.1) is 11.6 Å². The molecule has 1 aromatic heterocycles. The van der Waals surface area contributed by atoms with E-state index in [9.17, 15) is 4.79 Å². The highest BCUT2D eigenvalue weighted by Gasteiger charge is 2.11. The van der Waals surface area contributed by atoms with Crippen molar-refractivity contribution in [1.82, 2.24) is 5.16 Å². The van der Waals surface area contributed by atoms with Crippen LogP contribution in [0, 0.1) is 0 Å². The maximum atomic E-state index is 11.4. The summed E-state index contributed by atoms with van der Waals surface area (Å²) in [4.78, 5) is 11.4. The van der Waals surface area contributed by atoms with Crippen molar-refractivity contribution in [3.8, 4) is 28.3 Å². The van der Waals surface area contributed by atoms with Gasteiger partial charge >= 0.3 is 0 Å². The van der Waals surface area contributed by atoms with Crippen molar-refractivity contribution >= 4 is 34.8 Å². The number of hydrogen-bond donors (Lipinski definition) is 1. The summed E-state index contributed by atoms with van der Waals surface area (Å²) in [5.74, 6) is 0.824. The number of benzene rings is 2. The maximum absolute atomic E-state index is 11.4. The van der Waals surface area contributed by atoms with Crippen molar-refractivity contribution in [2.45, 2.75) is 0 Å². The zero-order valence-electron chi connectivity index (χ0n) is 13.3. The second-order valence-electron chi connectivity index (χ2n) is 5.22. The van der Waals surface area contributed by atoms with E-state index >= 15 is 0 Å². The number of aromatic nitrogens is 1. The van der Waals surface area contributed by atoms with E-state index in [4.69, 9.17) is 32.5 Å². The molecule has 0 aliphatic heterocycles. The highest BCUT2D eigenvalue weighted by molar-refractivity contribution is 6.31. The van der Waals surface area contributed by atoms with Crippen molar-refractivity contribution in [1.29, 1.82) is 0 Å². The van der Waals surface area contributed by atoms with E-state index in [2.05, 4.69) is 10.5 Å². The number of hydrogen-bond acceptors (Lipinski definition) is 4. The molecule has 0 unspecified atom stereocenters. The van der Waals surface area contributed by atoms with Gasteiger partial charge < -0.3 is 14.6 Å². The summed E-state index contributed by atoms with van der Waals surface area (Å²) in [6, 6.07) is 14.3. The topological polar surface area (TPSA) is 64.4 Å². The molecular weight excluding hydrogens is 363 g/mol. The van der Waals surface area contributed by atoms with Gasteiger partial charge in [-0.25, -0.2) is 0 Å². The van der Waals surface area contributed by atoms with E-state index in [-0.39, 0.29) is 11.8 Å². The Morgan fingerprint density at radius 2 is 2.04 bits per heavy atom. The molecule has 0 saturated carbocycles. The minimum atomic E-state index is -0.275. The minimum absolute atomic E-state index is 0.104. The number of nitrogens with one attached hydrogen (secondary N) is 1. The number of halogens is 2. The Morgan fingerprint density at radius 3 is 2.80 bits per heavy atom. The predicted octanol–water partition coefficient (Wildman–Crippen LogP) is 4.85. The van der Waals surface area contributed by atoms with Gasteiger partial charge in [-0.3, -0.25) is 4.79 Å². The molecule has 128 valence electrons.